The molecular weight excluding hydrogens is 368 g/mol. The molecule has 1 aliphatic rings. The summed E-state index contributed by atoms with van der Waals surface area (Å²) in [4.78, 5) is 47.4. The summed E-state index contributed by atoms with van der Waals surface area (Å²) in [7, 11) is 0. The molecule has 2 aromatic carbocycles. The second kappa shape index (κ2) is 6.95. The molecule has 1 atom stereocenters. The molecule has 9 heteroatoms. The number of amides is 1. The summed E-state index contributed by atoms with van der Waals surface area (Å²) in [5.74, 6) is -3.36. The molecule has 1 amide bonds. The van der Waals surface area contributed by atoms with Gasteiger partial charge in [-0.2, -0.15) is 0 Å². The van der Waals surface area contributed by atoms with Crippen LogP contribution in [0.3, 0.4) is 0 Å². The summed E-state index contributed by atoms with van der Waals surface area (Å²) in [6.07, 6.45) is 0. The number of ketones is 1. The Balaban J connectivity index is 2.16. The molecule has 28 heavy (non-hydrogen) atoms. The third-order valence-corrected chi connectivity index (χ3v) is 4.38. The molecule has 1 aliphatic heterocycles. The summed E-state index contributed by atoms with van der Waals surface area (Å²) in [6.45, 7) is 1.19. The predicted molar refractivity (Wildman–Crippen MR) is 97.1 cm³/mol. The van der Waals surface area contributed by atoms with Crippen LogP contribution >= 0.6 is 0 Å². The first-order chi connectivity index (χ1) is 13.2. The van der Waals surface area contributed by atoms with Gasteiger partial charge in [-0.15, -0.1) is 0 Å². The summed E-state index contributed by atoms with van der Waals surface area (Å²) >= 11 is 0. The normalized spacial score (nSPS) is 16.4. The molecule has 0 bridgehead atoms. The molecule has 0 aliphatic carbocycles. The first-order valence-electron chi connectivity index (χ1n) is 8.07. The minimum absolute atomic E-state index is 0.0801. The molecule has 0 saturated carbocycles. The molecule has 0 aromatic heterocycles. The number of Topliss-reactive ketones (excluding diaryl/α,β-unsaturated/α-hetero) is 1. The molecule has 142 valence electrons. The Labute approximate surface area is 158 Å². The van der Waals surface area contributed by atoms with Gasteiger partial charge in [0.1, 0.15) is 0 Å². The lowest BCUT2D eigenvalue weighted by Crippen LogP contribution is -2.31. The number of nitrogens with zero attached hydrogens (tertiary/aromatic N) is 2. The third kappa shape index (κ3) is 3.09. The Hall–Kier alpha value is -4.01. The minimum Gasteiger partial charge on any atom is -0.503 e. The number of benzene rings is 2. The molecular formula is C19H14N2O7. The maximum atomic E-state index is 12.7. The van der Waals surface area contributed by atoms with Crippen molar-refractivity contribution in [1.82, 2.24) is 0 Å². The molecule has 3 rings (SSSR count). The predicted octanol–water partition coefficient (Wildman–Crippen LogP) is 2.78. The maximum Gasteiger partial charge on any atom is 0.335 e. The van der Waals surface area contributed by atoms with E-state index in [4.69, 9.17) is 0 Å². The van der Waals surface area contributed by atoms with Gasteiger partial charge in [-0.1, -0.05) is 6.07 Å². The van der Waals surface area contributed by atoms with E-state index >= 15 is 0 Å². The van der Waals surface area contributed by atoms with E-state index in [1.54, 1.807) is 0 Å². The highest BCUT2D eigenvalue weighted by Gasteiger charge is 2.43. The maximum absolute atomic E-state index is 12.7. The van der Waals surface area contributed by atoms with Crippen LogP contribution < -0.4 is 4.90 Å². The number of nitro benzene ring substituents is 1. The van der Waals surface area contributed by atoms with Crippen molar-refractivity contribution < 1.29 is 29.5 Å². The SMILES string of the molecule is CC(=O)C1=C(O)C(=O)N(c2cccc(C(=O)O)c2)[C@H]1c1ccc([N+](=O)[O-])cc1. The average Bonchev–Trinajstić information content (AvgIpc) is 2.93. The standard InChI is InChI=1S/C19H14N2O7/c1-10(22)15-16(11-5-7-13(8-6-11)21(27)28)20(18(24)17(15)23)14-4-2-3-12(9-14)19(25)26/h2-9,16,23H,1H3,(H,25,26)/t16-/m0/s1. The number of non-ortho nitro benzene ring substituents is 1. The van der Waals surface area contributed by atoms with Crippen molar-refractivity contribution in [3.05, 3.63) is 81.1 Å². The van der Waals surface area contributed by atoms with Gasteiger partial charge in [-0.25, -0.2) is 4.79 Å². The van der Waals surface area contributed by atoms with Crippen molar-refractivity contribution in [2.75, 3.05) is 4.90 Å². The fourth-order valence-electron chi connectivity index (χ4n) is 3.11. The Morgan fingerprint density at radius 2 is 1.79 bits per heavy atom. The number of hydrogen-bond acceptors (Lipinski definition) is 6. The molecule has 2 N–H and O–H groups in total. The summed E-state index contributed by atoms with van der Waals surface area (Å²) in [5.41, 5.74) is 0.0955. The first-order valence-corrected chi connectivity index (χ1v) is 8.07. The molecule has 0 saturated heterocycles. The second-order valence-corrected chi connectivity index (χ2v) is 6.10. The van der Waals surface area contributed by atoms with E-state index in [2.05, 4.69) is 0 Å². The Kier molecular flexibility index (Phi) is 4.66. The van der Waals surface area contributed by atoms with Crippen LogP contribution in [0, 0.1) is 10.1 Å². The monoisotopic (exact) mass is 382 g/mol. The number of aliphatic hydroxyl groups is 1. The van der Waals surface area contributed by atoms with Crippen molar-refractivity contribution >= 4 is 29.0 Å². The lowest BCUT2D eigenvalue weighted by atomic mass is 9.96. The molecule has 1 heterocycles. The van der Waals surface area contributed by atoms with Crippen LogP contribution in [0.15, 0.2) is 59.9 Å². The van der Waals surface area contributed by atoms with Crippen LogP contribution in [-0.2, 0) is 9.59 Å². The van der Waals surface area contributed by atoms with Gasteiger partial charge in [-0.3, -0.25) is 24.6 Å². The Bertz CT molecular complexity index is 1040. The van der Waals surface area contributed by atoms with E-state index in [1.165, 1.54) is 55.5 Å². The van der Waals surface area contributed by atoms with E-state index in [9.17, 15) is 34.7 Å². The first kappa shape index (κ1) is 18.8. The Morgan fingerprint density at radius 3 is 2.32 bits per heavy atom. The zero-order valence-electron chi connectivity index (χ0n) is 14.5. The van der Waals surface area contributed by atoms with Gasteiger partial charge in [0.05, 0.1) is 22.1 Å². The zero-order valence-corrected chi connectivity index (χ0v) is 14.5. The van der Waals surface area contributed by atoms with Crippen molar-refractivity contribution in [2.45, 2.75) is 13.0 Å². The average molecular weight is 382 g/mol. The van der Waals surface area contributed by atoms with Crippen molar-refractivity contribution in [1.29, 1.82) is 0 Å². The highest BCUT2D eigenvalue weighted by molar-refractivity contribution is 6.16. The number of anilines is 1. The number of aromatic carboxylic acids is 1. The van der Waals surface area contributed by atoms with Gasteiger partial charge in [0.2, 0.25) is 0 Å². The van der Waals surface area contributed by atoms with E-state index < -0.39 is 34.4 Å². The highest BCUT2D eigenvalue weighted by atomic mass is 16.6. The second-order valence-electron chi connectivity index (χ2n) is 6.10. The Morgan fingerprint density at radius 1 is 1.14 bits per heavy atom. The number of aliphatic hydroxyl groups excluding tert-OH is 1. The van der Waals surface area contributed by atoms with E-state index in [0.717, 1.165) is 4.90 Å². The largest absolute Gasteiger partial charge is 0.503 e. The number of carbonyl (C=O) groups excluding carboxylic acids is 2. The number of carboxylic acid groups (broad SMARTS) is 1. The van der Waals surface area contributed by atoms with Crippen molar-refractivity contribution in [2.24, 2.45) is 0 Å². The number of nitro groups is 1. The molecule has 9 nitrogen and oxygen atoms in total. The van der Waals surface area contributed by atoms with Gasteiger partial charge in [0, 0.05) is 17.8 Å². The van der Waals surface area contributed by atoms with Crippen molar-refractivity contribution in [3.8, 4) is 0 Å². The van der Waals surface area contributed by atoms with E-state index in [1.807, 2.05) is 0 Å². The fraction of sp³-hybridized carbons (Fsp3) is 0.105. The van der Waals surface area contributed by atoms with Crippen LogP contribution in [0.2, 0.25) is 0 Å². The summed E-state index contributed by atoms with van der Waals surface area (Å²) in [5, 5.41) is 30.3. The quantitative estimate of drug-likeness (QED) is 0.599. The van der Waals surface area contributed by atoms with E-state index in [0.29, 0.717) is 5.56 Å². The van der Waals surface area contributed by atoms with Gasteiger partial charge in [-0.05, 0) is 42.8 Å². The van der Waals surface area contributed by atoms with Gasteiger partial charge in [0.15, 0.2) is 11.5 Å². The molecule has 0 radical (unpaired) electrons. The molecule has 2 aromatic rings. The zero-order chi connectivity index (χ0) is 20.6. The molecule has 0 fully saturated rings. The van der Waals surface area contributed by atoms with Crippen LogP contribution in [0.4, 0.5) is 11.4 Å². The fourth-order valence-corrected chi connectivity index (χ4v) is 3.11. The molecule has 0 unspecified atom stereocenters. The summed E-state index contributed by atoms with van der Waals surface area (Å²) < 4.78 is 0. The van der Waals surface area contributed by atoms with Crippen LogP contribution in [0.5, 0.6) is 0 Å². The number of carboxylic acids is 1. The number of carbonyl (C=O) groups is 3. The topological polar surface area (TPSA) is 138 Å². The van der Waals surface area contributed by atoms with Gasteiger partial charge >= 0.3 is 5.97 Å². The minimum atomic E-state index is -1.20. The van der Waals surface area contributed by atoms with Gasteiger partial charge in [0.25, 0.3) is 11.6 Å². The van der Waals surface area contributed by atoms with Crippen molar-refractivity contribution in [3.63, 3.8) is 0 Å². The molecule has 0 spiro atoms. The lowest BCUT2D eigenvalue weighted by Gasteiger charge is -2.26. The lowest BCUT2D eigenvalue weighted by molar-refractivity contribution is -0.384. The number of rotatable bonds is 5. The summed E-state index contributed by atoms with van der Waals surface area (Å²) in [6, 6.07) is 9.65. The highest BCUT2D eigenvalue weighted by Crippen LogP contribution is 2.41. The smallest absolute Gasteiger partial charge is 0.335 e. The third-order valence-electron chi connectivity index (χ3n) is 4.38. The van der Waals surface area contributed by atoms with E-state index in [-0.39, 0.29) is 22.5 Å². The number of hydrogen-bond donors (Lipinski definition) is 2. The van der Waals surface area contributed by atoms with Crippen LogP contribution in [-0.4, -0.2) is 32.8 Å². The van der Waals surface area contributed by atoms with Crippen LogP contribution in [0.1, 0.15) is 28.9 Å². The van der Waals surface area contributed by atoms with Crippen LogP contribution in [0.25, 0.3) is 0 Å². The van der Waals surface area contributed by atoms with Gasteiger partial charge < -0.3 is 10.2 Å².